The Morgan fingerprint density at radius 2 is 1.71 bits per heavy atom. The number of thiophene rings is 1. The molecule has 0 spiro atoms. The Labute approximate surface area is 202 Å². The summed E-state index contributed by atoms with van der Waals surface area (Å²) in [4.78, 5) is 62.7. The van der Waals surface area contributed by atoms with Gasteiger partial charge in [-0.2, -0.15) is 11.3 Å². The number of benzene rings is 1. The molecule has 1 saturated heterocycles. The van der Waals surface area contributed by atoms with Gasteiger partial charge in [0.15, 0.2) is 5.78 Å². The van der Waals surface area contributed by atoms with Crippen LogP contribution in [-0.2, 0) is 30.4 Å². The Morgan fingerprint density at radius 1 is 1.00 bits per heavy atom. The molecule has 4 atom stereocenters. The Hall–Kier alpha value is -3.33. The van der Waals surface area contributed by atoms with Crippen molar-refractivity contribution in [2.45, 2.75) is 45.7 Å². The first-order valence-electron chi connectivity index (χ1n) is 11.2. The zero-order chi connectivity index (χ0) is 24.8. The van der Waals surface area contributed by atoms with Crippen LogP contribution in [0.25, 0.3) is 0 Å². The average molecular weight is 484 g/mol. The highest BCUT2D eigenvalue weighted by Crippen LogP contribution is 2.24. The van der Waals surface area contributed by atoms with Gasteiger partial charge in [-0.1, -0.05) is 51.1 Å². The molecule has 2 heterocycles. The number of nitrogens with one attached hydrogen (secondary N) is 3. The van der Waals surface area contributed by atoms with Crippen molar-refractivity contribution in [1.29, 1.82) is 0 Å². The second kappa shape index (κ2) is 11.2. The minimum Gasteiger partial charge on any atom is -0.348 e. The molecule has 3 rings (SSSR count). The monoisotopic (exact) mass is 483 g/mol. The normalized spacial score (nSPS) is 19.4. The number of Topliss-reactive ketones (excluding diaryl/α,β-unsaturated/α-hetero) is 1. The van der Waals surface area contributed by atoms with Crippen molar-refractivity contribution in [3.63, 3.8) is 0 Å². The number of amides is 4. The van der Waals surface area contributed by atoms with Crippen LogP contribution in [0.4, 0.5) is 0 Å². The van der Waals surface area contributed by atoms with E-state index in [0.29, 0.717) is 0 Å². The zero-order valence-corrected chi connectivity index (χ0v) is 20.2. The Bertz CT molecular complexity index is 1050. The fraction of sp³-hybridized carbons (Fsp3) is 0.400. The molecule has 180 valence electrons. The number of rotatable bonds is 10. The molecule has 0 aliphatic carbocycles. The SMILES string of the molecule is CC(C)[C@@H](NC(=O)C[C@H](NC(=O)Cc1ccsc1)c1ccccc1)C(=O)[C@@H]1C(=O)NC(=O)[C@@H]1C. The van der Waals surface area contributed by atoms with Gasteiger partial charge in [0.05, 0.1) is 30.8 Å². The van der Waals surface area contributed by atoms with Crippen LogP contribution < -0.4 is 16.0 Å². The molecule has 0 radical (unpaired) electrons. The van der Waals surface area contributed by atoms with Crippen molar-refractivity contribution in [1.82, 2.24) is 16.0 Å². The quantitative estimate of drug-likeness (QED) is 0.353. The van der Waals surface area contributed by atoms with E-state index >= 15 is 0 Å². The maximum atomic E-state index is 13.1. The van der Waals surface area contributed by atoms with Crippen molar-refractivity contribution >= 4 is 40.7 Å². The van der Waals surface area contributed by atoms with Crippen molar-refractivity contribution in [3.8, 4) is 0 Å². The smallest absolute Gasteiger partial charge is 0.238 e. The minimum atomic E-state index is -1.13. The first-order valence-corrected chi connectivity index (χ1v) is 12.1. The van der Waals surface area contributed by atoms with E-state index in [1.54, 1.807) is 13.8 Å². The number of carbonyl (C=O) groups excluding carboxylic acids is 5. The summed E-state index contributed by atoms with van der Waals surface area (Å²) in [5.74, 6) is -4.48. The van der Waals surface area contributed by atoms with Gasteiger partial charge in [-0.25, -0.2) is 0 Å². The molecule has 1 aliphatic heterocycles. The average Bonchev–Trinajstić information content (AvgIpc) is 3.38. The Balaban J connectivity index is 1.71. The maximum Gasteiger partial charge on any atom is 0.238 e. The van der Waals surface area contributed by atoms with Gasteiger partial charge in [-0.3, -0.25) is 29.3 Å². The van der Waals surface area contributed by atoms with Gasteiger partial charge in [0.1, 0.15) is 5.92 Å². The number of ketones is 1. The van der Waals surface area contributed by atoms with Gasteiger partial charge in [-0.15, -0.1) is 0 Å². The lowest BCUT2D eigenvalue weighted by molar-refractivity contribution is -0.137. The third kappa shape index (κ3) is 6.17. The van der Waals surface area contributed by atoms with Crippen LogP contribution in [-0.4, -0.2) is 35.5 Å². The largest absolute Gasteiger partial charge is 0.348 e. The van der Waals surface area contributed by atoms with Gasteiger partial charge in [0, 0.05) is 0 Å². The summed E-state index contributed by atoms with van der Waals surface area (Å²) >= 11 is 1.50. The molecule has 8 nitrogen and oxygen atoms in total. The van der Waals surface area contributed by atoms with Crippen LogP contribution in [0.3, 0.4) is 0 Å². The van der Waals surface area contributed by atoms with E-state index in [9.17, 15) is 24.0 Å². The van der Waals surface area contributed by atoms with E-state index in [1.807, 2.05) is 47.2 Å². The van der Waals surface area contributed by atoms with Gasteiger partial charge in [0.25, 0.3) is 0 Å². The first kappa shape index (κ1) is 25.3. The van der Waals surface area contributed by atoms with Gasteiger partial charge >= 0.3 is 0 Å². The summed E-state index contributed by atoms with van der Waals surface area (Å²) in [6.45, 7) is 5.05. The maximum absolute atomic E-state index is 13.1. The molecule has 0 unspecified atom stereocenters. The molecule has 0 saturated carbocycles. The first-order chi connectivity index (χ1) is 16.2. The summed E-state index contributed by atoms with van der Waals surface area (Å²) in [5.41, 5.74) is 1.65. The summed E-state index contributed by atoms with van der Waals surface area (Å²) < 4.78 is 0. The van der Waals surface area contributed by atoms with Crippen LogP contribution in [0.2, 0.25) is 0 Å². The molecule has 34 heavy (non-hydrogen) atoms. The minimum absolute atomic E-state index is 0.0821. The lowest BCUT2D eigenvalue weighted by Crippen LogP contribution is -2.49. The predicted molar refractivity (Wildman–Crippen MR) is 128 cm³/mol. The van der Waals surface area contributed by atoms with Gasteiger partial charge in [0.2, 0.25) is 23.6 Å². The van der Waals surface area contributed by atoms with Gasteiger partial charge < -0.3 is 10.6 Å². The van der Waals surface area contributed by atoms with Crippen LogP contribution in [0.15, 0.2) is 47.2 Å². The predicted octanol–water partition coefficient (Wildman–Crippen LogP) is 2.16. The molecule has 1 aromatic heterocycles. The molecule has 3 N–H and O–H groups in total. The third-order valence-corrected chi connectivity index (χ3v) is 6.64. The third-order valence-electron chi connectivity index (χ3n) is 5.91. The van der Waals surface area contributed by atoms with Crippen molar-refractivity contribution in [2.75, 3.05) is 0 Å². The highest BCUT2D eigenvalue weighted by atomic mass is 32.1. The van der Waals surface area contributed by atoms with Gasteiger partial charge in [-0.05, 0) is 33.9 Å². The molecule has 1 aliphatic rings. The van der Waals surface area contributed by atoms with E-state index in [-0.39, 0.29) is 24.7 Å². The van der Waals surface area contributed by atoms with E-state index in [4.69, 9.17) is 0 Å². The van der Waals surface area contributed by atoms with Crippen molar-refractivity contribution in [2.24, 2.45) is 17.8 Å². The van der Waals surface area contributed by atoms with Crippen LogP contribution in [0, 0.1) is 17.8 Å². The molecule has 9 heteroatoms. The topological polar surface area (TPSA) is 121 Å². The highest BCUT2D eigenvalue weighted by molar-refractivity contribution is 7.08. The van der Waals surface area contributed by atoms with E-state index in [0.717, 1.165) is 11.1 Å². The van der Waals surface area contributed by atoms with Crippen LogP contribution in [0.1, 0.15) is 44.4 Å². The van der Waals surface area contributed by atoms with Crippen molar-refractivity contribution < 1.29 is 24.0 Å². The standard InChI is InChI=1S/C25H29N3O5S/c1-14(2)22(23(31)21-15(3)24(32)28-25(21)33)27-20(30)12-18(17-7-5-4-6-8-17)26-19(29)11-16-9-10-34-13-16/h4-10,13-15,18,21-22H,11-12H2,1-3H3,(H,26,29)(H,27,30)(H,28,32,33)/t15-,18+,21-,22-/m1/s1. The fourth-order valence-electron chi connectivity index (χ4n) is 4.01. The summed E-state index contributed by atoms with van der Waals surface area (Å²) in [7, 11) is 0. The molecule has 2 aromatic rings. The number of hydrogen-bond donors (Lipinski definition) is 3. The summed E-state index contributed by atoms with van der Waals surface area (Å²) in [6, 6.07) is 9.48. The number of hydrogen-bond acceptors (Lipinski definition) is 6. The van der Waals surface area contributed by atoms with Crippen molar-refractivity contribution in [3.05, 3.63) is 58.3 Å². The molecular formula is C25H29N3O5S. The number of carbonyl (C=O) groups is 5. The number of imide groups is 1. The lowest BCUT2D eigenvalue weighted by Gasteiger charge is -2.26. The summed E-state index contributed by atoms with van der Waals surface area (Å²) in [5, 5.41) is 11.6. The second-order valence-electron chi connectivity index (χ2n) is 8.85. The highest BCUT2D eigenvalue weighted by Gasteiger charge is 2.46. The van der Waals surface area contributed by atoms with E-state index in [2.05, 4.69) is 16.0 Å². The van der Waals surface area contributed by atoms with E-state index in [1.165, 1.54) is 18.3 Å². The molecular weight excluding hydrogens is 454 g/mol. The molecule has 4 amide bonds. The van der Waals surface area contributed by atoms with Crippen LogP contribution in [0.5, 0.6) is 0 Å². The molecule has 1 fully saturated rings. The summed E-state index contributed by atoms with van der Waals surface area (Å²) in [6.07, 6.45) is 0.117. The molecule has 1 aromatic carbocycles. The van der Waals surface area contributed by atoms with Crippen LogP contribution >= 0.6 is 11.3 Å². The van der Waals surface area contributed by atoms with E-state index < -0.39 is 47.4 Å². The Kier molecular flexibility index (Phi) is 8.33. The second-order valence-corrected chi connectivity index (χ2v) is 9.63. The lowest BCUT2D eigenvalue weighted by atomic mass is 9.85. The zero-order valence-electron chi connectivity index (χ0n) is 19.4. The Morgan fingerprint density at radius 3 is 2.26 bits per heavy atom. The fourth-order valence-corrected chi connectivity index (χ4v) is 4.67. The molecule has 0 bridgehead atoms.